The van der Waals surface area contributed by atoms with Crippen molar-refractivity contribution >= 4 is 5.97 Å². The van der Waals surface area contributed by atoms with Gasteiger partial charge in [0, 0.05) is 0 Å². The number of carbonyl (C=O) groups excluding carboxylic acids is 1. The van der Waals surface area contributed by atoms with Crippen molar-refractivity contribution in [2.24, 2.45) is 0 Å². The molecule has 1 unspecified atom stereocenters. The number of benzene rings is 1. The van der Waals surface area contributed by atoms with Gasteiger partial charge in [0.2, 0.25) is 6.29 Å². The minimum atomic E-state index is -1.49. The van der Waals surface area contributed by atoms with Gasteiger partial charge in [-0.15, -0.1) is 0 Å². The summed E-state index contributed by atoms with van der Waals surface area (Å²) >= 11 is 0. The predicted octanol–water partition coefficient (Wildman–Crippen LogP) is -1.36. The molecule has 0 spiro atoms. The largest absolute Gasteiger partial charge is 0.429 e. The second kappa shape index (κ2) is 6.29. The van der Waals surface area contributed by atoms with E-state index in [1.165, 1.54) is 12.1 Å². The Labute approximate surface area is 115 Å². The molecule has 1 aliphatic heterocycles. The highest BCUT2D eigenvalue weighted by molar-refractivity contribution is 5.89. The molecule has 0 bridgehead atoms. The molecule has 1 aromatic carbocycles. The zero-order valence-corrected chi connectivity index (χ0v) is 10.5. The summed E-state index contributed by atoms with van der Waals surface area (Å²) in [6.45, 7) is -0.645. The standard InChI is InChI=1S/C13H16O7/c14-6-8(15)11-9(16)10(17)13(19-11)20-12(18)7-4-2-1-3-5-7/h1-5,8-11,13-17H,6H2/t8-,9-,10+,11-,13?/m1/s1. The molecule has 110 valence electrons. The average molecular weight is 284 g/mol. The van der Waals surface area contributed by atoms with E-state index in [9.17, 15) is 20.1 Å². The third kappa shape index (κ3) is 2.97. The van der Waals surface area contributed by atoms with Crippen LogP contribution in [0.15, 0.2) is 30.3 Å². The predicted molar refractivity (Wildman–Crippen MR) is 65.6 cm³/mol. The number of aliphatic hydroxyl groups excluding tert-OH is 4. The van der Waals surface area contributed by atoms with E-state index < -0.39 is 43.3 Å². The summed E-state index contributed by atoms with van der Waals surface area (Å²) in [6.07, 6.45) is -6.94. The Bertz CT molecular complexity index is 449. The van der Waals surface area contributed by atoms with Crippen LogP contribution in [0.4, 0.5) is 0 Å². The molecule has 1 aliphatic rings. The summed E-state index contributed by atoms with van der Waals surface area (Å²) in [5.41, 5.74) is 0.268. The van der Waals surface area contributed by atoms with Crippen LogP contribution < -0.4 is 0 Å². The summed E-state index contributed by atoms with van der Waals surface area (Å²) in [5, 5.41) is 37.6. The molecule has 1 aromatic rings. The maximum absolute atomic E-state index is 11.8. The molecule has 7 nitrogen and oxygen atoms in total. The third-order valence-electron chi connectivity index (χ3n) is 3.06. The normalized spacial score (nSPS) is 31.0. The van der Waals surface area contributed by atoms with Gasteiger partial charge in [0.1, 0.15) is 24.4 Å². The van der Waals surface area contributed by atoms with Crippen LogP contribution in [-0.2, 0) is 9.47 Å². The fraction of sp³-hybridized carbons (Fsp3) is 0.462. The van der Waals surface area contributed by atoms with Crippen LogP contribution in [0.5, 0.6) is 0 Å². The molecule has 4 N–H and O–H groups in total. The van der Waals surface area contributed by atoms with Crippen LogP contribution in [0, 0.1) is 0 Å². The maximum Gasteiger partial charge on any atom is 0.340 e. The van der Waals surface area contributed by atoms with Crippen molar-refractivity contribution < 1.29 is 34.7 Å². The van der Waals surface area contributed by atoms with Gasteiger partial charge >= 0.3 is 5.97 Å². The number of aliphatic hydroxyl groups is 4. The van der Waals surface area contributed by atoms with Gasteiger partial charge in [-0.3, -0.25) is 0 Å². The van der Waals surface area contributed by atoms with Crippen LogP contribution in [0.3, 0.4) is 0 Å². The van der Waals surface area contributed by atoms with Gasteiger partial charge in [0.25, 0.3) is 0 Å². The molecule has 0 saturated carbocycles. The number of esters is 1. The quantitative estimate of drug-likeness (QED) is 0.505. The van der Waals surface area contributed by atoms with Gasteiger partial charge in [-0.1, -0.05) is 18.2 Å². The summed E-state index contributed by atoms with van der Waals surface area (Å²) in [6, 6.07) is 8.08. The van der Waals surface area contributed by atoms with E-state index in [1.807, 2.05) is 0 Å². The van der Waals surface area contributed by atoms with Crippen molar-refractivity contribution in [3.63, 3.8) is 0 Å². The monoisotopic (exact) mass is 284 g/mol. The summed E-state index contributed by atoms with van der Waals surface area (Å²) in [5.74, 6) is -0.721. The Kier molecular flexibility index (Phi) is 4.69. The zero-order valence-electron chi connectivity index (χ0n) is 10.5. The summed E-state index contributed by atoms with van der Waals surface area (Å²) in [4.78, 5) is 11.8. The van der Waals surface area contributed by atoms with Crippen LogP contribution >= 0.6 is 0 Å². The summed E-state index contributed by atoms with van der Waals surface area (Å²) < 4.78 is 10.0. The second-order valence-corrected chi connectivity index (χ2v) is 4.47. The Morgan fingerprint density at radius 1 is 1.25 bits per heavy atom. The maximum atomic E-state index is 11.8. The Morgan fingerprint density at radius 3 is 2.50 bits per heavy atom. The Balaban J connectivity index is 2.02. The van der Waals surface area contributed by atoms with E-state index >= 15 is 0 Å². The average Bonchev–Trinajstić information content (AvgIpc) is 2.76. The first-order valence-electron chi connectivity index (χ1n) is 6.11. The fourth-order valence-corrected chi connectivity index (χ4v) is 1.94. The smallest absolute Gasteiger partial charge is 0.340 e. The first kappa shape index (κ1) is 14.9. The molecule has 0 aliphatic carbocycles. The van der Waals surface area contributed by atoms with Crippen LogP contribution in [0.25, 0.3) is 0 Å². The van der Waals surface area contributed by atoms with Crippen molar-refractivity contribution in [1.29, 1.82) is 0 Å². The number of rotatable bonds is 4. The molecule has 20 heavy (non-hydrogen) atoms. The van der Waals surface area contributed by atoms with Crippen LogP contribution in [-0.4, -0.2) is 63.7 Å². The molecule has 5 atom stereocenters. The van der Waals surface area contributed by atoms with Crippen molar-refractivity contribution in [3.05, 3.63) is 35.9 Å². The van der Waals surface area contributed by atoms with Crippen molar-refractivity contribution in [2.45, 2.75) is 30.7 Å². The van der Waals surface area contributed by atoms with Crippen molar-refractivity contribution in [3.8, 4) is 0 Å². The van der Waals surface area contributed by atoms with Gasteiger partial charge in [0.05, 0.1) is 12.2 Å². The molecular formula is C13H16O7. The highest BCUT2D eigenvalue weighted by atomic mass is 16.7. The van der Waals surface area contributed by atoms with Crippen molar-refractivity contribution in [2.75, 3.05) is 6.61 Å². The van der Waals surface area contributed by atoms with Crippen LogP contribution in [0.2, 0.25) is 0 Å². The lowest BCUT2D eigenvalue weighted by Crippen LogP contribution is -2.40. The fourth-order valence-electron chi connectivity index (χ4n) is 1.94. The van der Waals surface area contributed by atoms with Crippen molar-refractivity contribution in [1.82, 2.24) is 0 Å². The zero-order chi connectivity index (χ0) is 14.7. The van der Waals surface area contributed by atoms with Crippen LogP contribution in [0.1, 0.15) is 10.4 Å². The van der Waals surface area contributed by atoms with E-state index in [2.05, 4.69) is 0 Å². The first-order valence-corrected chi connectivity index (χ1v) is 6.11. The van der Waals surface area contributed by atoms with Gasteiger partial charge in [-0.25, -0.2) is 4.79 Å². The Hall–Kier alpha value is -1.51. The third-order valence-corrected chi connectivity index (χ3v) is 3.06. The lowest BCUT2D eigenvalue weighted by molar-refractivity contribution is -0.154. The SMILES string of the molecule is O=C(OC1O[C@H]([C@H](O)CO)[C@H](O)[C@@H]1O)c1ccccc1. The molecule has 1 heterocycles. The topological polar surface area (TPSA) is 116 Å². The van der Waals surface area contributed by atoms with E-state index in [1.54, 1.807) is 18.2 Å². The number of ether oxygens (including phenoxy) is 2. The highest BCUT2D eigenvalue weighted by Crippen LogP contribution is 2.25. The van der Waals surface area contributed by atoms with E-state index in [4.69, 9.17) is 14.6 Å². The molecular weight excluding hydrogens is 268 g/mol. The molecule has 0 radical (unpaired) electrons. The second-order valence-electron chi connectivity index (χ2n) is 4.47. The molecule has 7 heteroatoms. The van der Waals surface area contributed by atoms with E-state index in [-0.39, 0.29) is 5.56 Å². The molecule has 0 aromatic heterocycles. The number of hydrogen-bond donors (Lipinski definition) is 4. The van der Waals surface area contributed by atoms with Gasteiger partial charge in [0.15, 0.2) is 0 Å². The van der Waals surface area contributed by atoms with Gasteiger partial charge in [-0.05, 0) is 12.1 Å². The molecule has 1 fully saturated rings. The minimum absolute atomic E-state index is 0.268. The lowest BCUT2D eigenvalue weighted by atomic mass is 10.1. The van der Waals surface area contributed by atoms with E-state index in [0.717, 1.165) is 0 Å². The van der Waals surface area contributed by atoms with Gasteiger partial charge < -0.3 is 29.9 Å². The highest BCUT2D eigenvalue weighted by Gasteiger charge is 2.47. The first-order chi connectivity index (χ1) is 9.54. The number of carbonyl (C=O) groups is 1. The molecule has 0 amide bonds. The molecule has 1 saturated heterocycles. The summed E-state index contributed by atoms with van der Waals surface area (Å²) in [7, 11) is 0. The molecule has 2 rings (SSSR count). The Morgan fingerprint density at radius 2 is 1.90 bits per heavy atom. The van der Waals surface area contributed by atoms with Gasteiger partial charge in [-0.2, -0.15) is 0 Å². The number of hydrogen-bond acceptors (Lipinski definition) is 7. The van der Waals surface area contributed by atoms with E-state index in [0.29, 0.717) is 0 Å². The lowest BCUT2D eigenvalue weighted by Gasteiger charge is -2.18. The minimum Gasteiger partial charge on any atom is -0.429 e.